The topological polar surface area (TPSA) is 70.9 Å². The zero-order chi connectivity index (χ0) is 11.0. The molecule has 5 nitrogen and oxygen atoms in total. The van der Waals surface area contributed by atoms with Crippen LogP contribution in [0.1, 0.15) is 16.1 Å². The molecule has 5 heteroatoms. The molecule has 2 rings (SSSR count). The average Bonchev–Trinajstić information content (AvgIpc) is 2.71. The van der Waals surface area contributed by atoms with E-state index < -0.39 is 5.97 Å². The SMILES string of the molecule is Cc1cc(-c2nccn2C)[nH]c1C(=O)O. The first kappa shape index (κ1) is 9.51. The molecule has 0 atom stereocenters. The minimum Gasteiger partial charge on any atom is -0.477 e. The van der Waals surface area contributed by atoms with Crippen LogP contribution in [0, 0.1) is 6.92 Å². The van der Waals surface area contributed by atoms with E-state index in [2.05, 4.69) is 9.97 Å². The first-order valence-electron chi connectivity index (χ1n) is 4.50. The van der Waals surface area contributed by atoms with Crippen LogP contribution in [0.25, 0.3) is 11.5 Å². The average molecular weight is 205 g/mol. The summed E-state index contributed by atoms with van der Waals surface area (Å²) in [5.74, 6) is -0.224. The van der Waals surface area contributed by atoms with Gasteiger partial charge >= 0.3 is 5.97 Å². The van der Waals surface area contributed by atoms with Gasteiger partial charge in [-0.15, -0.1) is 0 Å². The van der Waals surface area contributed by atoms with E-state index in [1.165, 1.54) is 0 Å². The largest absolute Gasteiger partial charge is 0.477 e. The standard InChI is InChI=1S/C10H11N3O2/c1-6-5-7(12-8(6)10(14)15)9-11-3-4-13(9)2/h3-5,12H,1-2H3,(H,14,15). The Morgan fingerprint density at radius 1 is 1.60 bits per heavy atom. The Balaban J connectivity index is 2.52. The number of carbonyl (C=O) groups is 1. The van der Waals surface area contributed by atoms with Crippen LogP contribution in [-0.2, 0) is 7.05 Å². The highest BCUT2D eigenvalue weighted by molar-refractivity contribution is 5.88. The van der Waals surface area contributed by atoms with Crippen molar-refractivity contribution < 1.29 is 9.90 Å². The van der Waals surface area contributed by atoms with E-state index in [0.29, 0.717) is 5.56 Å². The first-order chi connectivity index (χ1) is 7.09. The van der Waals surface area contributed by atoms with E-state index in [1.54, 1.807) is 19.2 Å². The summed E-state index contributed by atoms with van der Waals surface area (Å²) in [6.45, 7) is 1.76. The van der Waals surface area contributed by atoms with Gasteiger partial charge in [-0.25, -0.2) is 9.78 Å². The van der Waals surface area contributed by atoms with E-state index >= 15 is 0 Å². The molecule has 2 aromatic rings. The van der Waals surface area contributed by atoms with Gasteiger partial charge in [0.15, 0.2) is 5.82 Å². The van der Waals surface area contributed by atoms with E-state index in [0.717, 1.165) is 11.5 Å². The number of aromatic amines is 1. The molecule has 0 aliphatic rings. The van der Waals surface area contributed by atoms with Crippen LogP contribution in [0.4, 0.5) is 0 Å². The van der Waals surface area contributed by atoms with Crippen molar-refractivity contribution in [3.8, 4) is 11.5 Å². The molecule has 2 heterocycles. The quantitative estimate of drug-likeness (QED) is 0.778. The summed E-state index contributed by atoms with van der Waals surface area (Å²) in [5, 5.41) is 8.89. The predicted octanol–water partition coefficient (Wildman–Crippen LogP) is 1.42. The molecular weight excluding hydrogens is 194 g/mol. The van der Waals surface area contributed by atoms with Crippen molar-refractivity contribution in [2.24, 2.45) is 7.05 Å². The van der Waals surface area contributed by atoms with Crippen LogP contribution in [0.2, 0.25) is 0 Å². The molecule has 0 saturated carbocycles. The van der Waals surface area contributed by atoms with Gasteiger partial charge in [-0.1, -0.05) is 0 Å². The smallest absolute Gasteiger partial charge is 0.352 e. The molecule has 0 spiro atoms. The zero-order valence-electron chi connectivity index (χ0n) is 8.48. The predicted molar refractivity (Wildman–Crippen MR) is 54.7 cm³/mol. The Kier molecular flexibility index (Phi) is 2.07. The summed E-state index contributed by atoms with van der Waals surface area (Å²) < 4.78 is 1.83. The van der Waals surface area contributed by atoms with E-state index in [1.807, 2.05) is 17.8 Å². The highest BCUT2D eigenvalue weighted by Gasteiger charge is 2.13. The van der Waals surface area contributed by atoms with Gasteiger partial charge < -0.3 is 14.7 Å². The first-order valence-corrected chi connectivity index (χ1v) is 4.50. The number of imidazole rings is 1. The molecule has 78 valence electrons. The maximum Gasteiger partial charge on any atom is 0.352 e. The number of H-pyrrole nitrogens is 1. The molecule has 0 aliphatic carbocycles. The molecule has 0 radical (unpaired) electrons. The van der Waals surface area contributed by atoms with Crippen molar-refractivity contribution in [1.29, 1.82) is 0 Å². The third-order valence-electron chi connectivity index (χ3n) is 2.29. The summed E-state index contributed by atoms with van der Waals surface area (Å²) >= 11 is 0. The van der Waals surface area contributed by atoms with Gasteiger partial charge in [-0.2, -0.15) is 0 Å². The van der Waals surface area contributed by atoms with Crippen molar-refractivity contribution in [1.82, 2.24) is 14.5 Å². The second-order valence-electron chi connectivity index (χ2n) is 3.41. The maximum atomic E-state index is 10.8. The van der Waals surface area contributed by atoms with Crippen molar-refractivity contribution >= 4 is 5.97 Å². The van der Waals surface area contributed by atoms with Crippen LogP contribution in [0.15, 0.2) is 18.5 Å². The number of nitrogens with zero attached hydrogens (tertiary/aromatic N) is 2. The minimum absolute atomic E-state index is 0.216. The van der Waals surface area contributed by atoms with Crippen LogP contribution in [0.5, 0.6) is 0 Å². The third-order valence-corrected chi connectivity index (χ3v) is 2.29. The van der Waals surface area contributed by atoms with Crippen LogP contribution in [-0.4, -0.2) is 25.6 Å². The van der Waals surface area contributed by atoms with Crippen LogP contribution < -0.4 is 0 Å². The summed E-state index contributed by atoms with van der Waals surface area (Å²) in [7, 11) is 1.86. The Hall–Kier alpha value is -2.04. The summed E-state index contributed by atoms with van der Waals surface area (Å²) in [5.41, 5.74) is 1.64. The number of carboxylic acid groups (broad SMARTS) is 1. The van der Waals surface area contributed by atoms with E-state index in [-0.39, 0.29) is 5.69 Å². The number of nitrogens with one attached hydrogen (secondary N) is 1. The van der Waals surface area contributed by atoms with Gasteiger partial charge in [0.25, 0.3) is 0 Å². The Labute approximate surface area is 86.4 Å². The zero-order valence-corrected chi connectivity index (χ0v) is 8.48. The van der Waals surface area contributed by atoms with Gasteiger partial charge in [0.1, 0.15) is 5.69 Å². The molecule has 2 aromatic heterocycles. The minimum atomic E-state index is -0.951. The van der Waals surface area contributed by atoms with Crippen LogP contribution in [0.3, 0.4) is 0 Å². The molecular formula is C10H11N3O2. The molecule has 0 unspecified atom stereocenters. The molecule has 0 amide bonds. The van der Waals surface area contributed by atoms with Crippen molar-refractivity contribution in [2.45, 2.75) is 6.92 Å². The van der Waals surface area contributed by atoms with Crippen molar-refractivity contribution in [3.63, 3.8) is 0 Å². The summed E-state index contributed by atoms with van der Waals surface area (Å²) in [4.78, 5) is 17.8. The second-order valence-corrected chi connectivity index (χ2v) is 3.41. The third kappa shape index (κ3) is 1.52. The fraction of sp³-hybridized carbons (Fsp3) is 0.200. The normalized spacial score (nSPS) is 10.5. The lowest BCUT2D eigenvalue weighted by Crippen LogP contribution is -1.99. The fourth-order valence-corrected chi connectivity index (χ4v) is 1.53. The number of hydrogen-bond donors (Lipinski definition) is 2. The van der Waals surface area contributed by atoms with Crippen LogP contribution >= 0.6 is 0 Å². The number of aryl methyl sites for hydroxylation is 2. The highest BCUT2D eigenvalue weighted by atomic mass is 16.4. The number of aromatic carboxylic acids is 1. The summed E-state index contributed by atoms with van der Waals surface area (Å²) in [6.07, 6.45) is 3.48. The molecule has 0 saturated heterocycles. The summed E-state index contributed by atoms with van der Waals surface area (Å²) in [6, 6.07) is 1.78. The fourth-order valence-electron chi connectivity index (χ4n) is 1.53. The van der Waals surface area contributed by atoms with Gasteiger partial charge in [-0.3, -0.25) is 0 Å². The Morgan fingerprint density at radius 3 is 2.80 bits per heavy atom. The molecule has 0 bridgehead atoms. The maximum absolute atomic E-state index is 10.8. The van der Waals surface area contributed by atoms with Gasteiger partial charge in [0.05, 0.1) is 5.69 Å². The van der Waals surface area contributed by atoms with Gasteiger partial charge in [0.2, 0.25) is 0 Å². The van der Waals surface area contributed by atoms with Gasteiger partial charge in [0, 0.05) is 19.4 Å². The Morgan fingerprint density at radius 2 is 2.33 bits per heavy atom. The second kappa shape index (κ2) is 3.27. The van der Waals surface area contributed by atoms with E-state index in [9.17, 15) is 4.79 Å². The molecule has 0 aliphatic heterocycles. The van der Waals surface area contributed by atoms with Crippen molar-refractivity contribution in [3.05, 3.63) is 29.7 Å². The monoisotopic (exact) mass is 205 g/mol. The number of aromatic nitrogens is 3. The Bertz CT molecular complexity index is 510. The number of hydrogen-bond acceptors (Lipinski definition) is 2. The molecule has 0 aromatic carbocycles. The molecule has 0 fully saturated rings. The van der Waals surface area contributed by atoms with Crippen molar-refractivity contribution in [2.75, 3.05) is 0 Å². The number of carboxylic acids is 1. The number of rotatable bonds is 2. The van der Waals surface area contributed by atoms with E-state index in [4.69, 9.17) is 5.11 Å². The lowest BCUT2D eigenvalue weighted by atomic mass is 10.2. The molecule has 15 heavy (non-hydrogen) atoms. The highest BCUT2D eigenvalue weighted by Crippen LogP contribution is 2.19. The lowest BCUT2D eigenvalue weighted by Gasteiger charge is -1.97. The molecule has 2 N–H and O–H groups in total. The lowest BCUT2D eigenvalue weighted by molar-refractivity contribution is 0.0690. The van der Waals surface area contributed by atoms with Gasteiger partial charge in [-0.05, 0) is 18.6 Å².